The molecule has 1 N–H and O–H groups in total. The molecule has 6 heteroatoms. The Balaban J connectivity index is 2.08. The number of hydrogen-bond acceptors (Lipinski definition) is 4. The van der Waals surface area contributed by atoms with E-state index in [0.29, 0.717) is 11.1 Å². The van der Waals surface area contributed by atoms with Crippen molar-refractivity contribution in [3.05, 3.63) is 95.6 Å². The molecule has 0 saturated carbocycles. The molecule has 0 radical (unpaired) electrons. The van der Waals surface area contributed by atoms with Gasteiger partial charge >= 0.3 is 0 Å². The van der Waals surface area contributed by atoms with E-state index < -0.39 is 21.5 Å². The van der Waals surface area contributed by atoms with Crippen molar-refractivity contribution in [3.8, 4) is 0 Å². The highest BCUT2D eigenvalue weighted by Gasteiger charge is 2.24. The fourth-order valence-corrected chi connectivity index (χ4v) is 3.82. The molecule has 0 unspecified atom stereocenters. The third kappa shape index (κ3) is 4.12. The molecule has 5 nitrogen and oxygen atoms in total. The zero-order valence-electron chi connectivity index (χ0n) is 14.5. The minimum absolute atomic E-state index is 0.0227. The summed E-state index contributed by atoms with van der Waals surface area (Å²) < 4.78 is 24.8. The third-order valence-corrected chi connectivity index (χ3v) is 5.13. The molecule has 0 aliphatic rings. The Bertz CT molecular complexity index is 1090. The number of rotatable bonds is 5. The van der Waals surface area contributed by atoms with E-state index in [0.717, 1.165) is 6.26 Å². The maximum Gasteiger partial charge on any atom is 0.255 e. The Morgan fingerprint density at radius 1 is 0.741 bits per heavy atom. The lowest BCUT2D eigenvalue weighted by Gasteiger charge is -2.14. The molecule has 0 atom stereocenters. The van der Waals surface area contributed by atoms with Crippen molar-refractivity contribution >= 4 is 27.2 Å². The van der Waals surface area contributed by atoms with E-state index in [9.17, 15) is 18.0 Å². The van der Waals surface area contributed by atoms with Gasteiger partial charge in [-0.2, -0.15) is 0 Å². The van der Waals surface area contributed by atoms with Gasteiger partial charge in [-0.15, -0.1) is 0 Å². The minimum atomic E-state index is -3.78. The monoisotopic (exact) mass is 379 g/mol. The molecule has 3 aromatic carbocycles. The van der Waals surface area contributed by atoms with Crippen LogP contribution in [0.15, 0.2) is 83.8 Å². The SMILES string of the molecule is CS(=O)(=O)c1c(NC(=O)c2ccccc2)cccc1C(=O)c1ccccc1. The predicted molar refractivity (Wildman–Crippen MR) is 104 cm³/mol. The molecular weight excluding hydrogens is 362 g/mol. The van der Waals surface area contributed by atoms with Crippen molar-refractivity contribution in [2.75, 3.05) is 11.6 Å². The number of ketones is 1. The molecule has 0 fully saturated rings. The van der Waals surface area contributed by atoms with Crippen LogP contribution >= 0.6 is 0 Å². The fraction of sp³-hybridized carbons (Fsp3) is 0.0476. The molecule has 3 aromatic rings. The lowest BCUT2D eigenvalue weighted by molar-refractivity contribution is 0.101. The lowest BCUT2D eigenvalue weighted by atomic mass is 10.0. The summed E-state index contributed by atoms with van der Waals surface area (Å²) in [4.78, 5) is 25.1. The van der Waals surface area contributed by atoms with Crippen LogP contribution in [0.4, 0.5) is 5.69 Å². The van der Waals surface area contributed by atoms with Gasteiger partial charge in [-0.25, -0.2) is 8.42 Å². The maximum absolute atomic E-state index is 12.8. The van der Waals surface area contributed by atoms with Crippen LogP contribution in [-0.4, -0.2) is 26.4 Å². The number of anilines is 1. The molecular formula is C21H17NO4S. The number of hydrogen-bond donors (Lipinski definition) is 1. The number of benzene rings is 3. The largest absolute Gasteiger partial charge is 0.321 e. The standard InChI is InChI=1S/C21H17NO4S/c1-27(25,26)20-17(19(23)15-9-4-2-5-10-15)13-8-14-18(20)22-21(24)16-11-6-3-7-12-16/h2-14H,1H3,(H,22,24). The molecule has 136 valence electrons. The Kier molecular flexibility index (Phi) is 5.19. The van der Waals surface area contributed by atoms with Gasteiger partial charge < -0.3 is 5.32 Å². The Morgan fingerprint density at radius 2 is 1.30 bits per heavy atom. The zero-order valence-corrected chi connectivity index (χ0v) is 15.4. The van der Waals surface area contributed by atoms with E-state index in [-0.39, 0.29) is 16.1 Å². The van der Waals surface area contributed by atoms with Crippen LogP contribution in [-0.2, 0) is 9.84 Å². The second-order valence-corrected chi connectivity index (χ2v) is 7.92. The van der Waals surface area contributed by atoms with Gasteiger partial charge in [0.25, 0.3) is 5.91 Å². The third-order valence-electron chi connectivity index (χ3n) is 3.95. The van der Waals surface area contributed by atoms with E-state index >= 15 is 0 Å². The first kappa shape index (κ1) is 18.5. The number of carbonyl (C=O) groups excluding carboxylic acids is 2. The van der Waals surface area contributed by atoms with Crippen molar-refractivity contribution in [2.45, 2.75) is 4.90 Å². The topological polar surface area (TPSA) is 80.3 Å². The van der Waals surface area contributed by atoms with E-state index in [1.807, 2.05) is 0 Å². The molecule has 0 spiro atoms. The van der Waals surface area contributed by atoms with Crippen LogP contribution < -0.4 is 5.32 Å². The van der Waals surface area contributed by atoms with Gasteiger partial charge in [-0.3, -0.25) is 9.59 Å². The summed E-state index contributed by atoms with van der Waals surface area (Å²) in [5.41, 5.74) is 0.855. The van der Waals surface area contributed by atoms with Crippen molar-refractivity contribution in [1.29, 1.82) is 0 Å². The van der Waals surface area contributed by atoms with Crippen molar-refractivity contribution in [1.82, 2.24) is 0 Å². The highest BCUT2D eigenvalue weighted by atomic mass is 32.2. The van der Waals surface area contributed by atoms with Crippen LogP contribution in [0.5, 0.6) is 0 Å². The van der Waals surface area contributed by atoms with E-state index in [1.165, 1.54) is 12.1 Å². The summed E-state index contributed by atoms with van der Waals surface area (Å²) >= 11 is 0. The first-order chi connectivity index (χ1) is 12.9. The van der Waals surface area contributed by atoms with Crippen molar-refractivity contribution in [3.63, 3.8) is 0 Å². The predicted octanol–water partition coefficient (Wildman–Crippen LogP) is 3.57. The molecule has 0 aliphatic carbocycles. The number of amides is 1. The Hall–Kier alpha value is -3.25. The molecule has 0 saturated heterocycles. The van der Waals surface area contributed by atoms with Gasteiger partial charge in [0.1, 0.15) is 4.90 Å². The summed E-state index contributed by atoms with van der Waals surface area (Å²) in [5.74, 6) is -0.878. The number of carbonyl (C=O) groups is 2. The molecule has 27 heavy (non-hydrogen) atoms. The van der Waals surface area contributed by atoms with Crippen LogP contribution in [0.3, 0.4) is 0 Å². The first-order valence-corrected chi connectivity index (χ1v) is 10.1. The molecule has 0 aromatic heterocycles. The quantitative estimate of drug-likeness (QED) is 0.687. The van der Waals surface area contributed by atoms with Gasteiger partial charge in [-0.05, 0) is 24.3 Å². The Labute approximate surface area is 157 Å². The highest BCUT2D eigenvalue weighted by Crippen LogP contribution is 2.28. The average molecular weight is 379 g/mol. The molecule has 0 aliphatic heterocycles. The van der Waals surface area contributed by atoms with Crippen molar-refractivity contribution in [2.24, 2.45) is 0 Å². The van der Waals surface area contributed by atoms with Gasteiger partial charge in [0, 0.05) is 22.9 Å². The highest BCUT2D eigenvalue weighted by molar-refractivity contribution is 7.91. The zero-order chi connectivity index (χ0) is 19.4. The van der Waals surface area contributed by atoms with E-state index in [4.69, 9.17) is 0 Å². The van der Waals surface area contributed by atoms with Gasteiger partial charge in [0.15, 0.2) is 15.6 Å². The van der Waals surface area contributed by atoms with Crippen LogP contribution in [0.25, 0.3) is 0 Å². The number of nitrogens with one attached hydrogen (secondary N) is 1. The molecule has 0 bridgehead atoms. The average Bonchev–Trinajstić information content (AvgIpc) is 2.67. The summed E-state index contributed by atoms with van der Waals surface area (Å²) in [6.07, 6.45) is 1.02. The van der Waals surface area contributed by atoms with Gasteiger partial charge in [-0.1, -0.05) is 54.6 Å². The van der Waals surface area contributed by atoms with Crippen LogP contribution in [0, 0.1) is 0 Å². The van der Waals surface area contributed by atoms with Crippen molar-refractivity contribution < 1.29 is 18.0 Å². The molecule has 3 rings (SSSR count). The molecule has 1 amide bonds. The lowest BCUT2D eigenvalue weighted by Crippen LogP contribution is -2.17. The van der Waals surface area contributed by atoms with Crippen LogP contribution in [0.2, 0.25) is 0 Å². The minimum Gasteiger partial charge on any atom is -0.321 e. The summed E-state index contributed by atoms with van der Waals surface area (Å²) in [6.45, 7) is 0. The summed E-state index contributed by atoms with van der Waals surface area (Å²) in [5, 5.41) is 2.61. The van der Waals surface area contributed by atoms with E-state index in [1.54, 1.807) is 66.7 Å². The normalized spacial score (nSPS) is 11.0. The van der Waals surface area contributed by atoms with E-state index in [2.05, 4.69) is 5.32 Å². The molecule has 0 heterocycles. The van der Waals surface area contributed by atoms with Crippen LogP contribution in [0.1, 0.15) is 26.3 Å². The summed E-state index contributed by atoms with van der Waals surface area (Å²) in [7, 11) is -3.78. The second-order valence-electron chi connectivity index (χ2n) is 5.97. The smallest absolute Gasteiger partial charge is 0.255 e. The second kappa shape index (κ2) is 7.55. The first-order valence-electron chi connectivity index (χ1n) is 8.17. The number of sulfone groups is 1. The fourth-order valence-electron chi connectivity index (χ4n) is 2.74. The Morgan fingerprint density at radius 3 is 1.85 bits per heavy atom. The maximum atomic E-state index is 12.8. The van der Waals surface area contributed by atoms with Gasteiger partial charge in [0.05, 0.1) is 5.69 Å². The van der Waals surface area contributed by atoms with Gasteiger partial charge in [0.2, 0.25) is 0 Å². The summed E-state index contributed by atoms with van der Waals surface area (Å²) in [6, 6.07) is 21.3.